The van der Waals surface area contributed by atoms with Gasteiger partial charge in [0.25, 0.3) is 17.7 Å². The standard InChI is InChI=1S/C39H42F3IN4O9/c40-29-11-10-27(35(34(29)42)44-31-12-8-25(43)23-30(31)41)36(49)46-56-17-4-2-1-3-15-53-18-20-55-21-19-54-16-5-6-24-7-9-26-28(22-24)39(52)47(38(26)51)32-13-14-33(48)45-37(32)50/h7-12,22-23,32,44H,1-6,13-21H2,(H,46,49)(H,45,48,50). The van der Waals surface area contributed by atoms with E-state index in [2.05, 4.69) is 16.1 Å². The van der Waals surface area contributed by atoms with Crippen LogP contribution in [0.3, 0.4) is 0 Å². The van der Waals surface area contributed by atoms with E-state index in [0.717, 1.165) is 41.9 Å². The van der Waals surface area contributed by atoms with Gasteiger partial charge in [-0.2, -0.15) is 0 Å². The summed E-state index contributed by atoms with van der Waals surface area (Å²) < 4.78 is 60.2. The van der Waals surface area contributed by atoms with Crippen molar-refractivity contribution in [3.8, 4) is 0 Å². The second-order valence-corrected chi connectivity index (χ2v) is 14.2. The van der Waals surface area contributed by atoms with E-state index in [1.807, 2.05) is 22.6 Å². The number of nitrogens with zero attached hydrogens (tertiary/aromatic N) is 1. The lowest BCUT2D eigenvalue weighted by molar-refractivity contribution is -0.136. The van der Waals surface area contributed by atoms with Crippen molar-refractivity contribution in [3.05, 3.63) is 91.8 Å². The van der Waals surface area contributed by atoms with Crippen molar-refractivity contribution in [1.29, 1.82) is 0 Å². The number of piperidine rings is 1. The highest BCUT2D eigenvalue weighted by Crippen LogP contribution is 2.30. The molecule has 2 aliphatic heterocycles. The van der Waals surface area contributed by atoms with Crippen molar-refractivity contribution in [2.45, 2.75) is 57.4 Å². The highest BCUT2D eigenvalue weighted by atomic mass is 127. The molecule has 300 valence electrons. The Morgan fingerprint density at radius 3 is 2.16 bits per heavy atom. The minimum Gasteiger partial charge on any atom is -0.379 e. The number of fused-ring (bicyclic) bond motifs is 1. The van der Waals surface area contributed by atoms with Gasteiger partial charge in [0.05, 0.1) is 61.1 Å². The number of imide groups is 2. The molecule has 1 fully saturated rings. The van der Waals surface area contributed by atoms with Crippen molar-refractivity contribution in [2.75, 3.05) is 51.6 Å². The van der Waals surface area contributed by atoms with Crippen LogP contribution in [-0.2, 0) is 35.1 Å². The molecule has 2 heterocycles. The van der Waals surface area contributed by atoms with Crippen LogP contribution >= 0.6 is 22.6 Å². The van der Waals surface area contributed by atoms with Crippen LogP contribution in [0.1, 0.15) is 81.6 Å². The van der Waals surface area contributed by atoms with Crippen LogP contribution in [0, 0.1) is 21.0 Å². The van der Waals surface area contributed by atoms with Crippen molar-refractivity contribution >= 4 is 63.5 Å². The molecule has 0 aliphatic carbocycles. The number of rotatable bonds is 22. The number of hydrogen-bond acceptors (Lipinski definition) is 10. The minimum atomic E-state index is -1.32. The molecule has 5 rings (SSSR count). The lowest BCUT2D eigenvalue weighted by atomic mass is 10.0. The molecule has 17 heteroatoms. The second-order valence-electron chi connectivity index (χ2n) is 13.0. The van der Waals surface area contributed by atoms with Crippen LogP contribution in [0.4, 0.5) is 24.5 Å². The first-order valence-electron chi connectivity index (χ1n) is 18.2. The maximum Gasteiger partial charge on any atom is 0.277 e. The predicted molar refractivity (Wildman–Crippen MR) is 205 cm³/mol. The summed E-state index contributed by atoms with van der Waals surface area (Å²) in [5.74, 6) is -6.12. The third kappa shape index (κ3) is 11.6. The zero-order chi connectivity index (χ0) is 40.0. The molecule has 3 N–H and O–H groups in total. The Hall–Kier alpha value is -4.43. The molecule has 1 saturated heterocycles. The van der Waals surface area contributed by atoms with Crippen LogP contribution in [-0.4, -0.2) is 86.7 Å². The summed E-state index contributed by atoms with van der Waals surface area (Å²) in [7, 11) is 0. The van der Waals surface area contributed by atoms with Gasteiger partial charge < -0.3 is 19.5 Å². The van der Waals surface area contributed by atoms with Crippen molar-refractivity contribution in [1.82, 2.24) is 15.7 Å². The molecule has 0 saturated carbocycles. The highest BCUT2D eigenvalue weighted by Gasteiger charge is 2.44. The lowest BCUT2D eigenvalue weighted by Crippen LogP contribution is -2.54. The number of amides is 5. The zero-order valence-electron chi connectivity index (χ0n) is 30.4. The van der Waals surface area contributed by atoms with E-state index in [1.165, 1.54) is 12.1 Å². The molecule has 3 aromatic rings. The monoisotopic (exact) mass is 894 g/mol. The Bertz CT molecular complexity index is 1920. The van der Waals surface area contributed by atoms with Crippen molar-refractivity contribution < 1.29 is 56.2 Å². The Kier molecular flexibility index (Phi) is 16.2. The molecule has 0 spiro atoms. The van der Waals surface area contributed by atoms with E-state index >= 15 is 0 Å². The molecule has 0 aromatic heterocycles. The molecule has 0 radical (unpaired) electrons. The number of hydroxylamine groups is 1. The van der Waals surface area contributed by atoms with Gasteiger partial charge in [0, 0.05) is 23.2 Å². The number of ether oxygens (including phenoxy) is 3. The van der Waals surface area contributed by atoms with Crippen LogP contribution in [0.2, 0.25) is 0 Å². The third-order valence-electron chi connectivity index (χ3n) is 8.98. The average Bonchev–Trinajstić information content (AvgIpc) is 3.41. The minimum absolute atomic E-state index is 0.0686. The SMILES string of the molecule is O=C1CCC(N2C(=O)c3ccc(CCCOCCOCCOCCCCCCONC(=O)c4ccc(F)c(F)c4Nc4ccc(I)cc4F)cc3C2=O)C(=O)N1. The summed E-state index contributed by atoms with van der Waals surface area (Å²) in [4.78, 5) is 68.4. The van der Waals surface area contributed by atoms with Gasteiger partial charge in [0.15, 0.2) is 11.6 Å². The maximum absolute atomic E-state index is 14.6. The zero-order valence-corrected chi connectivity index (χ0v) is 32.6. The number of benzene rings is 3. The number of carbonyl (C=O) groups excluding carboxylic acids is 5. The van der Waals surface area contributed by atoms with Gasteiger partial charge in [-0.3, -0.25) is 39.0 Å². The van der Waals surface area contributed by atoms with Crippen molar-refractivity contribution in [3.63, 3.8) is 0 Å². The first kappa shape index (κ1) is 42.7. The topological polar surface area (TPSA) is 162 Å². The van der Waals surface area contributed by atoms with E-state index in [1.54, 1.807) is 24.3 Å². The Morgan fingerprint density at radius 2 is 1.45 bits per heavy atom. The van der Waals surface area contributed by atoms with Gasteiger partial charge in [-0.1, -0.05) is 18.9 Å². The highest BCUT2D eigenvalue weighted by molar-refractivity contribution is 14.1. The summed E-state index contributed by atoms with van der Waals surface area (Å²) >= 11 is 1.92. The summed E-state index contributed by atoms with van der Waals surface area (Å²) in [6.07, 6.45) is 4.63. The summed E-state index contributed by atoms with van der Waals surface area (Å²) in [6, 6.07) is 10.1. The van der Waals surface area contributed by atoms with E-state index in [-0.39, 0.29) is 41.8 Å². The number of carbonyl (C=O) groups is 5. The Morgan fingerprint density at radius 1 is 0.768 bits per heavy atom. The van der Waals surface area contributed by atoms with Gasteiger partial charge in [-0.15, -0.1) is 0 Å². The molecule has 13 nitrogen and oxygen atoms in total. The second kappa shape index (κ2) is 21.2. The largest absolute Gasteiger partial charge is 0.379 e. The smallest absolute Gasteiger partial charge is 0.277 e. The van der Waals surface area contributed by atoms with Gasteiger partial charge in [-0.25, -0.2) is 18.7 Å². The van der Waals surface area contributed by atoms with E-state index < -0.39 is 58.7 Å². The predicted octanol–water partition coefficient (Wildman–Crippen LogP) is 5.76. The van der Waals surface area contributed by atoms with Crippen LogP contribution in [0.5, 0.6) is 0 Å². The third-order valence-corrected chi connectivity index (χ3v) is 9.65. The number of halogens is 4. The van der Waals surface area contributed by atoms with Crippen molar-refractivity contribution in [2.24, 2.45) is 0 Å². The Balaban J connectivity index is 0.847. The van der Waals surface area contributed by atoms with Crippen LogP contribution < -0.4 is 16.1 Å². The first-order valence-corrected chi connectivity index (χ1v) is 19.3. The summed E-state index contributed by atoms with van der Waals surface area (Å²) in [6.45, 7) is 2.91. The fraction of sp³-hybridized carbons (Fsp3) is 0.410. The quantitative estimate of drug-likeness (QED) is 0.0490. The fourth-order valence-electron chi connectivity index (χ4n) is 6.08. The van der Waals surface area contributed by atoms with Gasteiger partial charge >= 0.3 is 0 Å². The number of hydrogen-bond donors (Lipinski definition) is 3. The van der Waals surface area contributed by atoms with Gasteiger partial charge in [0.2, 0.25) is 11.8 Å². The van der Waals surface area contributed by atoms with Gasteiger partial charge in [0.1, 0.15) is 11.9 Å². The Labute approximate surface area is 335 Å². The fourth-order valence-corrected chi connectivity index (χ4v) is 6.54. The number of unbranched alkanes of at least 4 members (excludes halogenated alkanes) is 3. The first-order chi connectivity index (χ1) is 27.0. The molecule has 5 amide bonds. The molecule has 1 atom stereocenters. The van der Waals surface area contributed by atoms with Gasteiger partial charge in [-0.05, 0) is 103 Å². The number of nitrogens with one attached hydrogen (secondary N) is 3. The maximum atomic E-state index is 14.6. The summed E-state index contributed by atoms with van der Waals surface area (Å²) in [5, 5.41) is 4.66. The van der Waals surface area contributed by atoms with Crippen LogP contribution in [0.15, 0.2) is 48.5 Å². The molecule has 3 aromatic carbocycles. The van der Waals surface area contributed by atoms with Crippen LogP contribution in [0.25, 0.3) is 0 Å². The average molecular weight is 895 g/mol. The normalized spacial score (nSPS) is 15.3. The molecule has 56 heavy (non-hydrogen) atoms. The van der Waals surface area contributed by atoms with E-state index in [0.29, 0.717) is 62.5 Å². The van der Waals surface area contributed by atoms with E-state index in [9.17, 15) is 37.1 Å². The molecule has 0 bridgehead atoms. The molecular formula is C39H42F3IN4O9. The molecule has 2 aliphatic rings. The molecular weight excluding hydrogens is 852 g/mol. The van der Waals surface area contributed by atoms with E-state index in [4.69, 9.17) is 19.0 Å². The molecule has 1 unspecified atom stereocenters. The summed E-state index contributed by atoms with van der Waals surface area (Å²) in [5.41, 5.74) is 2.74. The number of aryl methyl sites for hydroxylation is 1. The lowest BCUT2D eigenvalue weighted by Gasteiger charge is -2.27. The number of anilines is 2.